The van der Waals surface area contributed by atoms with Gasteiger partial charge >= 0.3 is 0 Å². The van der Waals surface area contributed by atoms with Crippen LogP contribution in [-0.2, 0) is 0 Å². The van der Waals surface area contributed by atoms with Crippen molar-refractivity contribution >= 4 is 22.8 Å². The molecule has 0 aliphatic rings. The summed E-state index contributed by atoms with van der Waals surface area (Å²) in [6.45, 7) is 0. The van der Waals surface area contributed by atoms with Crippen molar-refractivity contribution in [1.29, 1.82) is 0 Å². The van der Waals surface area contributed by atoms with Gasteiger partial charge < -0.3 is 0 Å². The lowest BCUT2D eigenvalue weighted by Crippen LogP contribution is -2.11. The summed E-state index contributed by atoms with van der Waals surface area (Å²) in [6, 6.07) is 0. The predicted octanol–water partition coefficient (Wildman–Crippen LogP) is 0.435. The van der Waals surface area contributed by atoms with E-state index < -0.39 is 0 Å². The Morgan fingerprint density at radius 2 is 2.00 bits per heavy atom. The first-order valence-corrected chi connectivity index (χ1v) is 4.79. The van der Waals surface area contributed by atoms with E-state index in [0.717, 1.165) is 0 Å². The maximum atomic E-state index is 11.2. The average molecular weight is 194 g/mol. The summed E-state index contributed by atoms with van der Waals surface area (Å²) in [5.74, 6) is 0. The molecule has 2 rings (SSSR count). The number of nitrogens with one attached hydrogen (secondary N) is 1. The normalized spacial score (nSPS) is 10.5. The quantitative estimate of drug-likeness (QED) is 0.667. The number of rotatable bonds is 1. The maximum Gasteiger partial charge on any atom is 0.292 e. The molecule has 0 aliphatic heterocycles. The molecule has 0 unspecified atom stereocenters. The van der Waals surface area contributed by atoms with Crippen molar-refractivity contribution in [3.63, 3.8) is 0 Å². The first-order valence-electron chi connectivity index (χ1n) is 3.56. The molecule has 2 aromatic rings. The lowest BCUT2D eigenvalue weighted by molar-refractivity contribution is 0.913. The molecular weight excluding hydrogens is 188 g/mol. The predicted molar refractivity (Wildman–Crippen MR) is 49.7 cm³/mol. The van der Waals surface area contributed by atoms with Gasteiger partial charge in [-0.25, -0.2) is 15.1 Å². The van der Waals surface area contributed by atoms with Crippen LogP contribution in [0.15, 0.2) is 22.2 Å². The number of hydrogen-bond donors (Lipinski definition) is 1. The minimum atomic E-state index is -0.305. The van der Waals surface area contributed by atoms with Gasteiger partial charge in [0.2, 0.25) is 0 Å². The van der Waals surface area contributed by atoms with Crippen molar-refractivity contribution in [3.05, 3.63) is 22.7 Å². The van der Waals surface area contributed by atoms with Crippen molar-refractivity contribution in [1.82, 2.24) is 20.2 Å². The van der Waals surface area contributed by atoms with Gasteiger partial charge in [0, 0.05) is 12.4 Å². The monoisotopic (exact) mass is 194 g/mol. The van der Waals surface area contributed by atoms with Crippen LogP contribution in [0.5, 0.6) is 0 Å². The van der Waals surface area contributed by atoms with Crippen LogP contribution in [0.4, 0.5) is 0 Å². The minimum absolute atomic E-state index is 0.305. The van der Waals surface area contributed by atoms with Crippen molar-refractivity contribution in [2.75, 3.05) is 6.26 Å². The fraction of sp³-hybridized carbons (Fsp3) is 0.143. The Morgan fingerprint density at radius 1 is 1.31 bits per heavy atom. The molecule has 0 aliphatic carbocycles. The highest BCUT2D eigenvalue weighted by Crippen LogP contribution is 2.16. The summed E-state index contributed by atoms with van der Waals surface area (Å²) >= 11 is 1.42. The molecule has 0 amide bonds. The van der Waals surface area contributed by atoms with Crippen molar-refractivity contribution in [3.8, 4) is 0 Å². The lowest BCUT2D eigenvalue weighted by Gasteiger charge is -1.97. The van der Waals surface area contributed by atoms with Gasteiger partial charge in [-0.1, -0.05) is 0 Å². The Balaban J connectivity index is 2.93. The number of hydrogen-bond acceptors (Lipinski definition) is 5. The number of thioether (sulfide) groups is 1. The maximum absolute atomic E-state index is 11.2. The highest BCUT2D eigenvalue weighted by atomic mass is 32.2. The van der Waals surface area contributed by atoms with E-state index in [0.29, 0.717) is 16.1 Å². The van der Waals surface area contributed by atoms with Crippen LogP contribution < -0.4 is 5.56 Å². The molecule has 2 aromatic heterocycles. The Morgan fingerprint density at radius 3 is 2.69 bits per heavy atom. The highest BCUT2D eigenvalue weighted by Gasteiger charge is 2.06. The van der Waals surface area contributed by atoms with Gasteiger partial charge in [-0.2, -0.15) is 5.10 Å². The molecule has 0 bridgehead atoms. The zero-order chi connectivity index (χ0) is 9.26. The third kappa shape index (κ3) is 1.29. The Bertz CT molecular complexity index is 495. The number of aromatic amines is 1. The van der Waals surface area contributed by atoms with E-state index in [4.69, 9.17) is 0 Å². The van der Waals surface area contributed by atoms with Crippen LogP contribution in [0.25, 0.3) is 11.0 Å². The second-order valence-electron chi connectivity index (χ2n) is 2.32. The van der Waals surface area contributed by atoms with E-state index >= 15 is 0 Å². The van der Waals surface area contributed by atoms with E-state index in [1.54, 1.807) is 6.20 Å². The summed E-state index contributed by atoms with van der Waals surface area (Å²) < 4.78 is 0. The van der Waals surface area contributed by atoms with E-state index in [1.165, 1.54) is 18.0 Å². The second-order valence-corrected chi connectivity index (χ2v) is 3.11. The van der Waals surface area contributed by atoms with Crippen molar-refractivity contribution < 1.29 is 0 Å². The molecule has 2 heterocycles. The van der Waals surface area contributed by atoms with Crippen molar-refractivity contribution in [2.24, 2.45) is 0 Å². The molecule has 0 aromatic carbocycles. The summed E-state index contributed by atoms with van der Waals surface area (Å²) in [4.78, 5) is 19.2. The molecule has 6 heteroatoms. The average Bonchev–Trinajstić information content (AvgIpc) is 2.19. The molecule has 1 N–H and O–H groups in total. The van der Waals surface area contributed by atoms with Crippen LogP contribution in [-0.4, -0.2) is 26.4 Å². The Hall–Kier alpha value is -1.43. The zero-order valence-electron chi connectivity index (χ0n) is 6.81. The first kappa shape index (κ1) is 8.18. The summed E-state index contributed by atoms with van der Waals surface area (Å²) in [6.07, 6.45) is 4.90. The molecule has 0 saturated carbocycles. The van der Waals surface area contributed by atoms with Crippen LogP contribution in [0, 0.1) is 0 Å². The van der Waals surface area contributed by atoms with Gasteiger partial charge in [-0.3, -0.25) is 4.79 Å². The molecular formula is C7H6N4OS. The lowest BCUT2D eigenvalue weighted by atomic mass is 10.4. The fourth-order valence-corrected chi connectivity index (χ4v) is 1.49. The summed E-state index contributed by atoms with van der Waals surface area (Å²) in [5.41, 5.74) is 0.585. The van der Waals surface area contributed by atoms with Gasteiger partial charge in [-0.05, 0) is 6.26 Å². The zero-order valence-corrected chi connectivity index (χ0v) is 7.63. The van der Waals surface area contributed by atoms with Crippen LogP contribution in [0.1, 0.15) is 0 Å². The minimum Gasteiger partial charge on any atom is -0.265 e. The van der Waals surface area contributed by atoms with Crippen molar-refractivity contribution in [2.45, 2.75) is 5.03 Å². The highest BCUT2D eigenvalue weighted by molar-refractivity contribution is 7.98. The largest absolute Gasteiger partial charge is 0.292 e. The standard InChI is InChI=1S/C7H6N4OS/c1-13-7-5-4(6(12)10-11-7)8-2-3-9-5/h2-3H,1H3,(H,10,12). The molecule has 5 nitrogen and oxygen atoms in total. The fourth-order valence-electron chi connectivity index (χ4n) is 1.01. The molecule has 0 fully saturated rings. The smallest absolute Gasteiger partial charge is 0.265 e. The molecule has 0 atom stereocenters. The molecule has 66 valence electrons. The van der Waals surface area contributed by atoms with Gasteiger partial charge in [-0.15, -0.1) is 11.8 Å². The Kier molecular flexibility index (Phi) is 1.97. The first-order chi connectivity index (χ1) is 6.33. The van der Waals surface area contributed by atoms with E-state index in [1.807, 2.05) is 6.26 Å². The van der Waals surface area contributed by atoms with Gasteiger partial charge in [0.25, 0.3) is 5.56 Å². The Labute approximate surface area is 77.6 Å². The number of nitrogens with zero attached hydrogens (tertiary/aromatic N) is 3. The third-order valence-corrected chi connectivity index (χ3v) is 2.24. The van der Waals surface area contributed by atoms with Gasteiger partial charge in [0.15, 0.2) is 5.52 Å². The van der Waals surface area contributed by atoms with Gasteiger partial charge in [0.05, 0.1) is 0 Å². The SMILES string of the molecule is CSc1n[nH]c(=O)c2nccnc12. The van der Waals surface area contributed by atoms with Crippen LogP contribution in [0.2, 0.25) is 0 Å². The number of H-pyrrole nitrogens is 1. The summed E-state index contributed by atoms with van der Waals surface area (Å²) in [5, 5.41) is 6.90. The number of aromatic nitrogens is 4. The van der Waals surface area contributed by atoms with E-state index in [2.05, 4.69) is 20.2 Å². The van der Waals surface area contributed by atoms with E-state index in [-0.39, 0.29) is 5.56 Å². The third-order valence-electron chi connectivity index (χ3n) is 1.57. The summed E-state index contributed by atoms with van der Waals surface area (Å²) in [7, 11) is 0. The van der Waals surface area contributed by atoms with Gasteiger partial charge in [0.1, 0.15) is 10.5 Å². The molecule has 13 heavy (non-hydrogen) atoms. The van der Waals surface area contributed by atoms with Crippen LogP contribution in [0.3, 0.4) is 0 Å². The molecule has 0 radical (unpaired) electrons. The van der Waals surface area contributed by atoms with Crippen LogP contribution >= 0.6 is 11.8 Å². The topological polar surface area (TPSA) is 71.5 Å². The molecule has 0 spiro atoms. The molecule has 0 saturated heterocycles. The second kappa shape index (κ2) is 3.14. The van der Waals surface area contributed by atoms with E-state index in [9.17, 15) is 4.79 Å². The number of fused-ring (bicyclic) bond motifs is 1.